The van der Waals surface area contributed by atoms with Crippen molar-refractivity contribution >= 4 is 0 Å². The van der Waals surface area contributed by atoms with Crippen molar-refractivity contribution in [1.82, 2.24) is 15.5 Å². The second-order valence-electron chi connectivity index (χ2n) is 4.79. The Morgan fingerprint density at radius 3 is 2.93 bits per heavy atom. The Hall–Kier alpha value is -0.830. The Kier molecular flexibility index (Phi) is 3.41. The second kappa shape index (κ2) is 4.79. The van der Waals surface area contributed by atoms with Crippen LogP contribution in [0, 0.1) is 5.41 Å². The summed E-state index contributed by atoms with van der Waals surface area (Å²) in [5.74, 6) is 0. The normalized spacial score (nSPS) is 18.7. The predicted octanol–water partition coefficient (Wildman–Crippen LogP) is 2.47. The highest BCUT2D eigenvalue weighted by Crippen LogP contribution is 2.44. The molecule has 0 aromatic carbocycles. The molecule has 0 saturated heterocycles. The molecule has 0 amide bonds. The molecule has 0 atom stereocenters. The van der Waals surface area contributed by atoms with Crippen LogP contribution in [0.2, 0.25) is 0 Å². The molecule has 2 rings (SSSR count). The lowest BCUT2D eigenvalue weighted by molar-refractivity contribution is 0.115. The summed E-state index contributed by atoms with van der Waals surface area (Å²) in [4.78, 5) is 0. The smallest absolute Gasteiger partial charge is 0.0490 e. The van der Waals surface area contributed by atoms with Gasteiger partial charge < -0.3 is 5.32 Å². The summed E-state index contributed by atoms with van der Waals surface area (Å²) in [6.45, 7) is 4.38. The first-order valence-corrected chi connectivity index (χ1v) is 6.04. The Morgan fingerprint density at radius 2 is 2.40 bits per heavy atom. The van der Waals surface area contributed by atoms with E-state index in [0.717, 1.165) is 6.54 Å². The monoisotopic (exact) mass is 207 g/mol. The lowest BCUT2D eigenvalue weighted by Gasteiger charge is -2.42. The fraction of sp³-hybridized carbons (Fsp3) is 0.750. The zero-order valence-corrected chi connectivity index (χ0v) is 9.55. The van der Waals surface area contributed by atoms with E-state index in [4.69, 9.17) is 0 Å². The molecule has 0 bridgehead atoms. The van der Waals surface area contributed by atoms with Gasteiger partial charge in [-0.1, -0.05) is 19.8 Å². The number of H-pyrrole nitrogens is 1. The van der Waals surface area contributed by atoms with Crippen LogP contribution in [0.15, 0.2) is 12.3 Å². The molecule has 0 spiro atoms. The summed E-state index contributed by atoms with van der Waals surface area (Å²) in [5.41, 5.74) is 1.80. The zero-order valence-electron chi connectivity index (χ0n) is 9.55. The maximum absolute atomic E-state index is 3.94. The van der Waals surface area contributed by atoms with E-state index in [-0.39, 0.29) is 0 Å². The van der Waals surface area contributed by atoms with E-state index in [1.807, 2.05) is 12.3 Å². The SMILES string of the molecule is CCCC1(CNCc2ccn[nH]2)CCC1. The molecule has 0 aliphatic heterocycles. The topological polar surface area (TPSA) is 40.7 Å². The third kappa shape index (κ3) is 2.59. The van der Waals surface area contributed by atoms with Gasteiger partial charge in [-0.15, -0.1) is 0 Å². The third-order valence-corrected chi connectivity index (χ3v) is 3.57. The highest BCUT2D eigenvalue weighted by atomic mass is 15.1. The molecule has 0 unspecified atom stereocenters. The highest BCUT2D eigenvalue weighted by Gasteiger charge is 2.35. The van der Waals surface area contributed by atoms with Gasteiger partial charge in [0.2, 0.25) is 0 Å². The number of hydrogen-bond acceptors (Lipinski definition) is 2. The number of aromatic amines is 1. The summed E-state index contributed by atoms with van der Waals surface area (Å²) in [5, 5.41) is 10.5. The summed E-state index contributed by atoms with van der Waals surface area (Å²) >= 11 is 0. The average molecular weight is 207 g/mol. The van der Waals surface area contributed by atoms with Crippen LogP contribution >= 0.6 is 0 Å². The highest BCUT2D eigenvalue weighted by molar-refractivity contribution is 4.97. The van der Waals surface area contributed by atoms with E-state index in [1.165, 1.54) is 44.3 Å². The Balaban J connectivity index is 1.72. The van der Waals surface area contributed by atoms with Crippen molar-refractivity contribution in [3.63, 3.8) is 0 Å². The largest absolute Gasteiger partial charge is 0.311 e. The zero-order chi connectivity index (χ0) is 10.6. The third-order valence-electron chi connectivity index (χ3n) is 3.57. The molecule has 3 nitrogen and oxygen atoms in total. The Labute approximate surface area is 91.7 Å². The molecular weight excluding hydrogens is 186 g/mol. The molecule has 84 valence electrons. The van der Waals surface area contributed by atoms with Gasteiger partial charge in [0.05, 0.1) is 0 Å². The fourth-order valence-electron chi connectivity index (χ4n) is 2.57. The molecule has 1 aliphatic rings. The first-order chi connectivity index (χ1) is 7.35. The van der Waals surface area contributed by atoms with E-state index in [2.05, 4.69) is 22.4 Å². The van der Waals surface area contributed by atoms with E-state index >= 15 is 0 Å². The molecule has 1 aliphatic carbocycles. The van der Waals surface area contributed by atoms with Gasteiger partial charge in [-0.05, 0) is 30.7 Å². The number of aromatic nitrogens is 2. The first-order valence-electron chi connectivity index (χ1n) is 6.04. The molecule has 1 fully saturated rings. The van der Waals surface area contributed by atoms with Crippen LogP contribution in [0.25, 0.3) is 0 Å². The lowest BCUT2D eigenvalue weighted by Crippen LogP contribution is -2.39. The van der Waals surface area contributed by atoms with Gasteiger partial charge in [0.1, 0.15) is 0 Å². The van der Waals surface area contributed by atoms with Gasteiger partial charge in [-0.2, -0.15) is 5.10 Å². The van der Waals surface area contributed by atoms with Crippen LogP contribution in [0.1, 0.15) is 44.7 Å². The predicted molar refractivity (Wildman–Crippen MR) is 61.5 cm³/mol. The van der Waals surface area contributed by atoms with Crippen LogP contribution in [0.4, 0.5) is 0 Å². The Bertz CT molecular complexity index is 275. The molecule has 0 radical (unpaired) electrons. The number of rotatable bonds is 6. The van der Waals surface area contributed by atoms with Crippen molar-refractivity contribution < 1.29 is 0 Å². The standard InChI is InChI=1S/C12H21N3/c1-2-5-12(6-3-7-12)10-13-9-11-4-8-14-15-11/h4,8,13H,2-3,5-7,9-10H2,1H3,(H,14,15). The maximum atomic E-state index is 3.94. The van der Waals surface area contributed by atoms with Gasteiger partial charge in [0.25, 0.3) is 0 Å². The quantitative estimate of drug-likeness (QED) is 0.752. The van der Waals surface area contributed by atoms with Gasteiger partial charge in [0.15, 0.2) is 0 Å². The molecule has 1 heterocycles. The van der Waals surface area contributed by atoms with Crippen LogP contribution < -0.4 is 5.32 Å². The van der Waals surface area contributed by atoms with Crippen molar-refractivity contribution in [3.05, 3.63) is 18.0 Å². The molecular formula is C12H21N3. The summed E-state index contributed by atoms with van der Waals surface area (Å²) in [7, 11) is 0. The second-order valence-corrected chi connectivity index (χ2v) is 4.79. The van der Waals surface area contributed by atoms with Crippen LogP contribution in [0.3, 0.4) is 0 Å². The summed E-state index contributed by atoms with van der Waals surface area (Å²) in [6.07, 6.45) is 8.75. The van der Waals surface area contributed by atoms with E-state index in [1.54, 1.807) is 0 Å². The van der Waals surface area contributed by atoms with Crippen LogP contribution in [-0.4, -0.2) is 16.7 Å². The van der Waals surface area contributed by atoms with E-state index in [9.17, 15) is 0 Å². The van der Waals surface area contributed by atoms with Crippen molar-refractivity contribution in [3.8, 4) is 0 Å². The first kappa shape index (κ1) is 10.7. The van der Waals surface area contributed by atoms with E-state index in [0.29, 0.717) is 5.41 Å². The average Bonchev–Trinajstić information content (AvgIpc) is 2.67. The Morgan fingerprint density at radius 1 is 1.53 bits per heavy atom. The van der Waals surface area contributed by atoms with Crippen LogP contribution in [0.5, 0.6) is 0 Å². The lowest BCUT2D eigenvalue weighted by atomic mass is 9.66. The van der Waals surface area contributed by atoms with Crippen molar-refractivity contribution in [2.75, 3.05) is 6.54 Å². The summed E-state index contributed by atoms with van der Waals surface area (Å²) in [6, 6.07) is 2.03. The molecule has 1 aromatic heterocycles. The van der Waals surface area contributed by atoms with Gasteiger partial charge in [0, 0.05) is 25.0 Å². The minimum Gasteiger partial charge on any atom is -0.311 e. The van der Waals surface area contributed by atoms with Crippen molar-refractivity contribution in [1.29, 1.82) is 0 Å². The van der Waals surface area contributed by atoms with E-state index < -0.39 is 0 Å². The van der Waals surface area contributed by atoms with Gasteiger partial charge in [-0.3, -0.25) is 5.10 Å². The maximum Gasteiger partial charge on any atom is 0.0490 e. The number of nitrogens with one attached hydrogen (secondary N) is 2. The molecule has 3 heteroatoms. The summed E-state index contributed by atoms with van der Waals surface area (Å²) < 4.78 is 0. The van der Waals surface area contributed by atoms with Gasteiger partial charge in [-0.25, -0.2) is 0 Å². The minimum absolute atomic E-state index is 0.620. The molecule has 15 heavy (non-hydrogen) atoms. The molecule has 1 aromatic rings. The van der Waals surface area contributed by atoms with Crippen molar-refractivity contribution in [2.45, 2.75) is 45.6 Å². The van der Waals surface area contributed by atoms with Crippen molar-refractivity contribution in [2.24, 2.45) is 5.41 Å². The minimum atomic E-state index is 0.620. The number of nitrogens with zero attached hydrogens (tertiary/aromatic N) is 1. The van der Waals surface area contributed by atoms with Crippen LogP contribution in [-0.2, 0) is 6.54 Å². The van der Waals surface area contributed by atoms with Gasteiger partial charge >= 0.3 is 0 Å². The molecule has 1 saturated carbocycles. The molecule has 2 N–H and O–H groups in total. The fourth-order valence-corrected chi connectivity index (χ4v) is 2.57. The number of hydrogen-bond donors (Lipinski definition) is 2.